The first-order chi connectivity index (χ1) is 10.2. The van der Waals surface area contributed by atoms with Gasteiger partial charge in [0.2, 0.25) is 5.91 Å². The van der Waals surface area contributed by atoms with E-state index in [9.17, 15) is 4.79 Å². The van der Waals surface area contributed by atoms with Crippen LogP contribution in [0, 0.1) is 11.3 Å². The first kappa shape index (κ1) is 14.9. The van der Waals surface area contributed by atoms with E-state index < -0.39 is 0 Å². The number of nitrogens with zero attached hydrogens (tertiary/aromatic N) is 1. The second-order valence-electron chi connectivity index (χ2n) is 4.41. The first-order valence-electron chi connectivity index (χ1n) is 6.46. The maximum Gasteiger partial charge on any atom is 0.225 e. The van der Waals surface area contributed by atoms with Crippen molar-refractivity contribution in [3.63, 3.8) is 0 Å². The molecule has 21 heavy (non-hydrogen) atoms. The molecule has 0 heterocycles. The van der Waals surface area contributed by atoms with E-state index in [1.165, 1.54) is 0 Å². The molecule has 2 rings (SSSR count). The molecule has 2 aromatic rings. The number of carbonyl (C=O) groups is 1. The molecule has 0 unspecified atom stereocenters. The van der Waals surface area contributed by atoms with Crippen molar-refractivity contribution < 1.29 is 4.79 Å². The van der Waals surface area contributed by atoms with Gasteiger partial charge in [0.15, 0.2) is 0 Å². The highest BCUT2D eigenvalue weighted by Gasteiger charge is 2.03. The summed E-state index contributed by atoms with van der Waals surface area (Å²) in [7, 11) is 0. The van der Waals surface area contributed by atoms with Crippen molar-refractivity contribution in [3.8, 4) is 6.07 Å². The van der Waals surface area contributed by atoms with E-state index in [-0.39, 0.29) is 5.91 Å². The second-order valence-corrected chi connectivity index (χ2v) is 5.58. The van der Waals surface area contributed by atoms with Crippen LogP contribution in [0.4, 0.5) is 11.4 Å². The van der Waals surface area contributed by atoms with Crippen LogP contribution in [0.2, 0.25) is 0 Å². The van der Waals surface area contributed by atoms with Crippen molar-refractivity contribution in [1.82, 2.24) is 0 Å². The Bertz CT molecular complexity index is 662. The number of nitrogen functional groups attached to an aromatic ring is 1. The van der Waals surface area contributed by atoms with Crippen LogP contribution in [0.5, 0.6) is 0 Å². The zero-order chi connectivity index (χ0) is 15.1. The number of hydrogen-bond acceptors (Lipinski definition) is 4. The molecule has 2 aromatic carbocycles. The van der Waals surface area contributed by atoms with Gasteiger partial charge in [0, 0.05) is 28.4 Å². The average molecular weight is 297 g/mol. The molecule has 0 bridgehead atoms. The molecule has 4 nitrogen and oxygen atoms in total. The van der Waals surface area contributed by atoms with Gasteiger partial charge in [0.25, 0.3) is 0 Å². The Balaban J connectivity index is 1.78. The van der Waals surface area contributed by atoms with Crippen LogP contribution < -0.4 is 11.1 Å². The van der Waals surface area contributed by atoms with E-state index in [1.807, 2.05) is 30.3 Å². The second kappa shape index (κ2) is 7.36. The van der Waals surface area contributed by atoms with E-state index in [1.54, 1.807) is 36.0 Å². The number of amides is 1. The Morgan fingerprint density at radius 3 is 2.67 bits per heavy atom. The van der Waals surface area contributed by atoms with Crippen molar-refractivity contribution in [2.75, 3.05) is 16.8 Å². The quantitative estimate of drug-likeness (QED) is 0.656. The number of carbonyl (C=O) groups excluding carboxylic acids is 1. The summed E-state index contributed by atoms with van der Waals surface area (Å²) in [4.78, 5) is 12.9. The molecular weight excluding hydrogens is 282 g/mol. The van der Waals surface area contributed by atoms with Crippen molar-refractivity contribution in [2.24, 2.45) is 0 Å². The number of nitriles is 1. The van der Waals surface area contributed by atoms with Crippen LogP contribution in [0.15, 0.2) is 53.4 Å². The average Bonchev–Trinajstić information content (AvgIpc) is 2.48. The number of anilines is 2. The standard InChI is InChI=1S/C16H15N3OS/c17-11-12-4-6-14(7-5-12)19-16(20)8-9-21-15-3-1-2-13(18)10-15/h1-7,10H,8-9,18H2,(H,19,20). The molecule has 5 heteroatoms. The number of rotatable bonds is 5. The Morgan fingerprint density at radius 2 is 2.00 bits per heavy atom. The normalized spacial score (nSPS) is 9.86. The maximum atomic E-state index is 11.8. The van der Waals surface area contributed by atoms with Crippen LogP contribution in [0.3, 0.4) is 0 Å². The molecule has 1 amide bonds. The van der Waals surface area contributed by atoms with Gasteiger partial charge in [-0.15, -0.1) is 11.8 Å². The zero-order valence-electron chi connectivity index (χ0n) is 11.4. The molecule has 0 radical (unpaired) electrons. The van der Waals surface area contributed by atoms with Crippen LogP contribution in [-0.4, -0.2) is 11.7 Å². The minimum atomic E-state index is -0.0453. The largest absolute Gasteiger partial charge is 0.399 e. The van der Waals surface area contributed by atoms with E-state index in [2.05, 4.69) is 5.32 Å². The van der Waals surface area contributed by atoms with Gasteiger partial charge in [-0.05, 0) is 42.5 Å². The number of benzene rings is 2. The zero-order valence-corrected chi connectivity index (χ0v) is 12.2. The lowest BCUT2D eigenvalue weighted by molar-refractivity contribution is -0.115. The molecule has 0 aliphatic carbocycles. The van der Waals surface area contributed by atoms with E-state index in [0.717, 1.165) is 10.6 Å². The predicted molar refractivity (Wildman–Crippen MR) is 86.0 cm³/mol. The molecule has 0 saturated carbocycles. The fraction of sp³-hybridized carbons (Fsp3) is 0.125. The lowest BCUT2D eigenvalue weighted by Gasteiger charge is -2.05. The van der Waals surface area contributed by atoms with E-state index >= 15 is 0 Å². The summed E-state index contributed by atoms with van der Waals surface area (Å²) < 4.78 is 0. The van der Waals surface area contributed by atoms with Gasteiger partial charge in [0.05, 0.1) is 11.6 Å². The summed E-state index contributed by atoms with van der Waals surface area (Å²) in [6.45, 7) is 0. The molecule has 0 fully saturated rings. The summed E-state index contributed by atoms with van der Waals surface area (Å²) in [5.74, 6) is 0.641. The molecule has 0 aromatic heterocycles. The van der Waals surface area contributed by atoms with E-state index in [0.29, 0.717) is 23.4 Å². The Hall–Kier alpha value is -2.45. The molecule has 0 aliphatic heterocycles. The minimum absolute atomic E-state index is 0.0453. The SMILES string of the molecule is N#Cc1ccc(NC(=O)CCSc2cccc(N)c2)cc1. The van der Waals surface area contributed by atoms with Crippen molar-refractivity contribution >= 4 is 29.0 Å². The highest BCUT2D eigenvalue weighted by atomic mass is 32.2. The monoisotopic (exact) mass is 297 g/mol. The Labute approximate surface area is 128 Å². The summed E-state index contributed by atoms with van der Waals surface area (Å²) in [5.41, 5.74) is 7.70. The van der Waals surface area contributed by atoms with Gasteiger partial charge >= 0.3 is 0 Å². The van der Waals surface area contributed by atoms with Gasteiger partial charge < -0.3 is 11.1 Å². The number of hydrogen-bond donors (Lipinski definition) is 2. The van der Waals surface area contributed by atoms with Gasteiger partial charge in [-0.3, -0.25) is 4.79 Å². The third-order valence-electron chi connectivity index (χ3n) is 2.75. The Kier molecular flexibility index (Phi) is 5.24. The number of nitrogens with two attached hydrogens (primary N) is 1. The summed E-state index contributed by atoms with van der Waals surface area (Å²) in [5, 5.41) is 11.5. The molecule has 0 spiro atoms. The predicted octanol–water partition coefficient (Wildman–Crippen LogP) is 3.26. The van der Waals surface area contributed by atoms with Gasteiger partial charge in [0.1, 0.15) is 0 Å². The third kappa shape index (κ3) is 4.86. The molecule has 3 N–H and O–H groups in total. The molecular formula is C16H15N3OS. The smallest absolute Gasteiger partial charge is 0.225 e. The number of nitrogens with one attached hydrogen (secondary N) is 1. The summed E-state index contributed by atoms with van der Waals surface area (Å²) >= 11 is 1.60. The fourth-order valence-corrected chi connectivity index (χ4v) is 2.63. The van der Waals surface area contributed by atoms with Crippen LogP contribution in [-0.2, 0) is 4.79 Å². The topological polar surface area (TPSA) is 78.9 Å². The third-order valence-corrected chi connectivity index (χ3v) is 3.75. The van der Waals surface area contributed by atoms with E-state index in [4.69, 9.17) is 11.0 Å². The lowest BCUT2D eigenvalue weighted by atomic mass is 10.2. The van der Waals surface area contributed by atoms with Crippen LogP contribution in [0.1, 0.15) is 12.0 Å². The lowest BCUT2D eigenvalue weighted by Crippen LogP contribution is -2.12. The summed E-state index contributed by atoms with van der Waals surface area (Å²) in [6.07, 6.45) is 0.416. The van der Waals surface area contributed by atoms with Crippen molar-refractivity contribution in [2.45, 2.75) is 11.3 Å². The fourth-order valence-electron chi connectivity index (χ4n) is 1.72. The minimum Gasteiger partial charge on any atom is -0.399 e. The number of thioether (sulfide) groups is 1. The first-order valence-corrected chi connectivity index (χ1v) is 7.44. The highest BCUT2D eigenvalue weighted by Crippen LogP contribution is 2.21. The molecule has 106 valence electrons. The van der Waals surface area contributed by atoms with Crippen molar-refractivity contribution in [1.29, 1.82) is 5.26 Å². The van der Waals surface area contributed by atoms with Crippen LogP contribution in [0.25, 0.3) is 0 Å². The molecule has 0 atom stereocenters. The van der Waals surface area contributed by atoms with Crippen LogP contribution >= 0.6 is 11.8 Å². The van der Waals surface area contributed by atoms with Gasteiger partial charge in [-0.1, -0.05) is 6.07 Å². The van der Waals surface area contributed by atoms with Gasteiger partial charge in [-0.25, -0.2) is 0 Å². The Morgan fingerprint density at radius 1 is 1.24 bits per heavy atom. The maximum absolute atomic E-state index is 11.8. The molecule has 0 aliphatic rings. The highest BCUT2D eigenvalue weighted by molar-refractivity contribution is 7.99. The molecule has 0 saturated heterocycles. The van der Waals surface area contributed by atoms with Gasteiger partial charge in [-0.2, -0.15) is 5.26 Å². The summed E-state index contributed by atoms with van der Waals surface area (Å²) in [6, 6.07) is 16.4. The van der Waals surface area contributed by atoms with Crippen molar-refractivity contribution in [3.05, 3.63) is 54.1 Å².